The van der Waals surface area contributed by atoms with E-state index in [0.29, 0.717) is 0 Å². The quantitative estimate of drug-likeness (QED) is 0.236. The van der Waals surface area contributed by atoms with Gasteiger partial charge in [-0.1, -0.05) is 0 Å². The van der Waals surface area contributed by atoms with E-state index in [1.54, 1.807) is 0 Å². The molecule has 0 saturated carbocycles. The average Bonchev–Trinajstić information content (AvgIpc) is 2.22. The van der Waals surface area contributed by atoms with Gasteiger partial charge in [-0.15, -0.1) is 0 Å². The second-order valence-corrected chi connectivity index (χ2v) is 3.90. The van der Waals surface area contributed by atoms with Crippen LogP contribution in [-0.2, 0) is 24.2 Å². The molecule has 100 valence electrons. The highest BCUT2D eigenvalue weighted by Gasteiger charge is 2.36. The van der Waals surface area contributed by atoms with Gasteiger partial charge in [-0.25, -0.2) is 4.79 Å². The van der Waals surface area contributed by atoms with E-state index < -0.39 is 40.8 Å². The van der Waals surface area contributed by atoms with Gasteiger partial charge in [-0.2, -0.15) is 8.42 Å². The Morgan fingerprint density at radius 3 is 1.94 bits per heavy atom. The van der Waals surface area contributed by atoms with Crippen LogP contribution in [0.4, 0.5) is 0 Å². The van der Waals surface area contributed by atoms with Crippen molar-refractivity contribution < 1.29 is 47.2 Å². The molecular weight excluding hydrogens is 264 g/mol. The van der Waals surface area contributed by atoms with Crippen LogP contribution in [0.1, 0.15) is 0 Å². The average molecular weight is 274 g/mol. The first kappa shape index (κ1) is 15.9. The molecular formula is C6H10O10S. The van der Waals surface area contributed by atoms with Gasteiger partial charge in [-0.05, 0) is 0 Å². The predicted molar refractivity (Wildman–Crippen MR) is 47.7 cm³/mol. The van der Waals surface area contributed by atoms with E-state index in [1.807, 2.05) is 0 Å². The normalized spacial score (nSPS) is 18.9. The van der Waals surface area contributed by atoms with Gasteiger partial charge < -0.3 is 29.4 Å². The lowest BCUT2D eigenvalue weighted by atomic mass is 10.0. The van der Waals surface area contributed by atoms with Crippen molar-refractivity contribution in [1.29, 1.82) is 0 Å². The Balaban J connectivity index is 4.65. The monoisotopic (exact) mass is 274 g/mol. The van der Waals surface area contributed by atoms with Gasteiger partial charge in [0.05, 0.1) is 0 Å². The zero-order valence-electron chi connectivity index (χ0n) is 8.07. The van der Waals surface area contributed by atoms with Gasteiger partial charge in [0.2, 0.25) is 0 Å². The smallest absolute Gasteiger partial charge is 0.387 e. The fourth-order valence-electron chi connectivity index (χ4n) is 0.762. The predicted octanol–water partition coefficient (Wildman–Crippen LogP) is -4.03. The molecule has 0 radical (unpaired) electrons. The molecule has 0 aliphatic heterocycles. The molecule has 11 heteroatoms. The van der Waals surface area contributed by atoms with Crippen molar-refractivity contribution in [3.8, 4) is 0 Å². The summed E-state index contributed by atoms with van der Waals surface area (Å²) < 4.78 is 31.5. The van der Waals surface area contributed by atoms with Crippen LogP contribution in [0.25, 0.3) is 0 Å². The summed E-state index contributed by atoms with van der Waals surface area (Å²) in [6, 6.07) is 0. The molecule has 5 N–H and O–H groups in total. The van der Waals surface area contributed by atoms with Gasteiger partial charge in [0, 0.05) is 0 Å². The van der Waals surface area contributed by atoms with Crippen molar-refractivity contribution in [2.45, 2.75) is 24.4 Å². The largest absolute Gasteiger partial charge is 0.449 e. The van der Waals surface area contributed by atoms with Crippen LogP contribution in [0.15, 0.2) is 0 Å². The molecule has 0 aromatic carbocycles. The molecule has 10 nitrogen and oxygen atoms in total. The van der Waals surface area contributed by atoms with E-state index in [2.05, 4.69) is 4.18 Å². The Hall–Kier alpha value is -1.11. The maximum absolute atomic E-state index is 10.8. The van der Waals surface area contributed by atoms with Gasteiger partial charge in [0.15, 0.2) is 12.4 Å². The first-order chi connectivity index (χ1) is 7.60. The molecule has 0 aliphatic carbocycles. The third-order valence-corrected chi connectivity index (χ3v) is 1.97. The van der Waals surface area contributed by atoms with Crippen LogP contribution in [-0.4, -0.2) is 70.1 Å². The summed E-state index contributed by atoms with van der Waals surface area (Å²) in [5, 5.41) is 35.8. The third-order valence-electron chi connectivity index (χ3n) is 1.59. The molecule has 0 bridgehead atoms. The van der Waals surface area contributed by atoms with Crippen LogP contribution >= 0.6 is 0 Å². The minimum atomic E-state index is -5.19. The summed E-state index contributed by atoms with van der Waals surface area (Å²) in [6.07, 6.45) is -9.49. The lowest BCUT2D eigenvalue weighted by Crippen LogP contribution is -2.48. The van der Waals surface area contributed by atoms with E-state index in [4.69, 9.17) is 25.0 Å². The summed E-state index contributed by atoms with van der Waals surface area (Å²) >= 11 is 0. The van der Waals surface area contributed by atoms with Crippen molar-refractivity contribution >= 4 is 22.7 Å². The number of aldehydes is 1. The Labute approximate surface area is 95.0 Å². The number of hydrogen-bond acceptors (Lipinski definition) is 9. The number of carbonyl (C=O) groups is 2. The maximum Gasteiger partial charge on any atom is 0.449 e. The highest BCUT2D eigenvalue weighted by Crippen LogP contribution is 2.06. The van der Waals surface area contributed by atoms with Crippen molar-refractivity contribution in [2.75, 3.05) is 0 Å². The molecule has 0 aromatic heterocycles. The van der Waals surface area contributed by atoms with E-state index in [0.717, 1.165) is 0 Å². The summed E-state index contributed by atoms with van der Waals surface area (Å²) in [6.45, 7) is 0. The fraction of sp³-hybridized carbons (Fsp3) is 0.667. The number of carbonyl (C=O) groups excluding carboxylic acids is 2. The van der Waals surface area contributed by atoms with Crippen LogP contribution in [0.2, 0.25) is 0 Å². The first-order valence-electron chi connectivity index (χ1n) is 3.98. The Kier molecular flexibility index (Phi) is 5.60. The second kappa shape index (κ2) is 6.00. The number of hydrogen-bond donors (Lipinski definition) is 5. The van der Waals surface area contributed by atoms with Crippen molar-refractivity contribution in [2.24, 2.45) is 0 Å². The summed E-state index contributed by atoms with van der Waals surface area (Å²) in [7, 11) is -5.19. The highest BCUT2D eigenvalue weighted by molar-refractivity contribution is 7.81. The standard InChI is InChI=1S/C6H10O10S/c7-1-2(8)3(9)4(10)5(11)6(12)16-17(13,14)15/h1-5,8-11H,(H,13,14,15). The molecule has 0 saturated heterocycles. The number of aliphatic hydroxyl groups is 4. The molecule has 0 aromatic rings. The molecule has 4 atom stereocenters. The maximum atomic E-state index is 10.8. The molecule has 4 unspecified atom stereocenters. The number of aliphatic hydroxyl groups excluding tert-OH is 4. The second-order valence-electron chi connectivity index (χ2n) is 2.88. The highest BCUT2D eigenvalue weighted by atomic mass is 32.3. The SMILES string of the molecule is O=CC(O)C(O)C(O)C(O)C(=O)OS(=O)(=O)O. The Bertz CT molecular complexity index is 374. The van der Waals surface area contributed by atoms with E-state index in [-0.39, 0.29) is 6.29 Å². The lowest BCUT2D eigenvalue weighted by molar-refractivity contribution is -0.161. The van der Waals surface area contributed by atoms with E-state index in [9.17, 15) is 18.0 Å². The van der Waals surface area contributed by atoms with Gasteiger partial charge in [0.25, 0.3) is 0 Å². The van der Waals surface area contributed by atoms with Crippen molar-refractivity contribution in [1.82, 2.24) is 0 Å². The molecule has 0 aliphatic rings. The van der Waals surface area contributed by atoms with Crippen molar-refractivity contribution in [3.63, 3.8) is 0 Å². The Morgan fingerprint density at radius 1 is 1.12 bits per heavy atom. The zero-order chi connectivity index (χ0) is 13.8. The first-order valence-corrected chi connectivity index (χ1v) is 5.35. The summed E-state index contributed by atoms with van der Waals surface area (Å²) in [5.74, 6) is -1.99. The van der Waals surface area contributed by atoms with Crippen LogP contribution < -0.4 is 0 Å². The molecule has 0 fully saturated rings. The van der Waals surface area contributed by atoms with Crippen LogP contribution in [0.5, 0.6) is 0 Å². The van der Waals surface area contributed by atoms with E-state index in [1.165, 1.54) is 0 Å². The third kappa shape index (κ3) is 5.16. The molecule has 0 amide bonds. The molecule has 0 spiro atoms. The summed E-state index contributed by atoms with van der Waals surface area (Å²) in [5.41, 5.74) is 0. The van der Waals surface area contributed by atoms with Crippen molar-refractivity contribution in [3.05, 3.63) is 0 Å². The van der Waals surface area contributed by atoms with Crippen LogP contribution in [0.3, 0.4) is 0 Å². The molecule has 17 heavy (non-hydrogen) atoms. The summed E-state index contributed by atoms with van der Waals surface area (Å²) in [4.78, 5) is 20.8. The minimum Gasteiger partial charge on any atom is -0.387 e. The fourth-order valence-corrected chi connectivity index (χ4v) is 1.07. The lowest BCUT2D eigenvalue weighted by Gasteiger charge is -2.22. The Morgan fingerprint density at radius 2 is 1.59 bits per heavy atom. The van der Waals surface area contributed by atoms with Gasteiger partial charge in [0.1, 0.15) is 18.3 Å². The molecule has 0 rings (SSSR count). The van der Waals surface area contributed by atoms with Crippen LogP contribution in [0, 0.1) is 0 Å². The van der Waals surface area contributed by atoms with E-state index >= 15 is 0 Å². The molecule has 0 heterocycles. The van der Waals surface area contributed by atoms with Gasteiger partial charge in [-0.3, -0.25) is 4.55 Å². The van der Waals surface area contributed by atoms with Gasteiger partial charge >= 0.3 is 16.4 Å². The zero-order valence-corrected chi connectivity index (χ0v) is 8.89. The number of rotatable bonds is 6. The topological polar surface area (TPSA) is 179 Å². The minimum absolute atomic E-state index is 0.186.